The van der Waals surface area contributed by atoms with Gasteiger partial charge in [-0.05, 0) is 24.6 Å². The lowest BCUT2D eigenvalue weighted by atomic mass is 10.2. The summed E-state index contributed by atoms with van der Waals surface area (Å²) in [7, 11) is 0. The van der Waals surface area contributed by atoms with Gasteiger partial charge in [0.1, 0.15) is 5.15 Å². The third-order valence-corrected chi connectivity index (χ3v) is 3.02. The van der Waals surface area contributed by atoms with E-state index in [1.165, 1.54) is 0 Å². The van der Waals surface area contributed by atoms with Crippen LogP contribution in [0, 0.1) is 0 Å². The van der Waals surface area contributed by atoms with Gasteiger partial charge in [0, 0.05) is 15.7 Å². The Hall–Kier alpha value is -0.930. The molecule has 0 unspecified atom stereocenters. The van der Waals surface area contributed by atoms with Gasteiger partial charge in [-0.15, -0.1) is 0 Å². The second-order valence-corrected chi connectivity index (χ2v) is 5.07. The van der Waals surface area contributed by atoms with Gasteiger partial charge in [0.05, 0.1) is 0 Å². The number of nitrogens with zero attached hydrogens (tertiary/aromatic N) is 2. The second kappa shape index (κ2) is 5.61. The van der Waals surface area contributed by atoms with Crippen LogP contribution in [0.25, 0.3) is 11.4 Å². The van der Waals surface area contributed by atoms with Crippen molar-refractivity contribution in [3.8, 4) is 11.4 Å². The summed E-state index contributed by atoms with van der Waals surface area (Å²) in [5, 5.41) is 0.499. The van der Waals surface area contributed by atoms with Crippen LogP contribution in [0.2, 0.25) is 5.15 Å². The van der Waals surface area contributed by atoms with E-state index in [0.717, 1.165) is 28.6 Å². The third kappa shape index (κ3) is 3.27. The molecule has 0 aliphatic rings. The smallest absolute Gasteiger partial charge is 0.161 e. The number of hydrogen-bond acceptors (Lipinski definition) is 2. The predicted molar refractivity (Wildman–Crippen MR) is 74.2 cm³/mol. The average molecular weight is 312 g/mol. The zero-order valence-electron chi connectivity index (χ0n) is 9.45. The summed E-state index contributed by atoms with van der Waals surface area (Å²) < 4.78 is 1.01. The van der Waals surface area contributed by atoms with Crippen molar-refractivity contribution in [2.24, 2.45) is 0 Å². The summed E-state index contributed by atoms with van der Waals surface area (Å²) in [5.74, 6) is 0.683. The Labute approximate surface area is 114 Å². The minimum absolute atomic E-state index is 0.499. The number of hydrogen-bond donors (Lipinski definition) is 0. The molecule has 0 saturated heterocycles. The molecule has 2 aromatic rings. The van der Waals surface area contributed by atoms with Gasteiger partial charge in [-0.2, -0.15) is 0 Å². The lowest BCUT2D eigenvalue weighted by Crippen LogP contribution is -1.96. The van der Waals surface area contributed by atoms with Crippen LogP contribution in [-0.2, 0) is 6.42 Å². The van der Waals surface area contributed by atoms with E-state index in [1.807, 2.05) is 30.3 Å². The van der Waals surface area contributed by atoms with Crippen LogP contribution in [0.4, 0.5) is 0 Å². The van der Waals surface area contributed by atoms with Crippen molar-refractivity contribution in [3.05, 3.63) is 45.7 Å². The van der Waals surface area contributed by atoms with Gasteiger partial charge in [0.15, 0.2) is 5.82 Å². The fourth-order valence-corrected chi connectivity index (χ4v) is 2.21. The second-order valence-electron chi connectivity index (χ2n) is 3.77. The molecule has 2 rings (SSSR count). The zero-order chi connectivity index (χ0) is 12.3. The first-order chi connectivity index (χ1) is 8.19. The van der Waals surface area contributed by atoms with Crippen molar-refractivity contribution in [3.63, 3.8) is 0 Å². The molecule has 4 heteroatoms. The molecule has 0 aliphatic carbocycles. The molecular weight excluding hydrogens is 300 g/mol. The Morgan fingerprint density at radius 1 is 1.24 bits per heavy atom. The molecule has 2 nitrogen and oxygen atoms in total. The monoisotopic (exact) mass is 310 g/mol. The molecule has 0 spiro atoms. The summed E-state index contributed by atoms with van der Waals surface area (Å²) in [5.41, 5.74) is 1.96. The molecule has 0 atom stereocenters. The van der Waals surface area contributed by atoms with Gasteiger partial charge in [-0.1, -0.05) is 53.0 Å². The minimum atomic E-state index is 0.499. The molecule has 0 saturated carbocycles. The molecule has 0 amide bonds. The SMILES string of the molecule is CCCc1cc(Cl)nc(-c2cccc(Br)c2)n1. The van der Waals surface area contributed by atoms with Crippen LogP contribution in [-0.4, -0.2) is 9.97 Å². The molecule has 1 aromatic heterocycles. The van der Waals surface area contributed by atoms with Gasteiger partial charge in [0.25, 0.3) is 0 Å². The van der Waals surface area contributed by atoms with E-state index in [-0.39, 0.29) is 0 Å². The summed E-state index contributed by atoms with van der Waals surface area (Å²) in [6.07, 6.45) is 1.97. The van der Waals surface area contributed by atoms with E-state index >= 15 is 0 Å². The number of benzene rings is 1. The highest BCUT2D eigenvalue weighted by molar-refractivity contribution is 9.10. The Balaban J connectivity index is 2.44. The number of rotatable bonds is 3. The maximum absolute atomic E-state index is 6.01. The van der Waals surface area contributed by atoms with Gasteiger partial charge in [-0.3, -0.25) is 0 Å². The van der Waals surface area contributed by atoms with Crippen LogP contribution in [0.5, 0.6) is 0 Å². The lowest BCUT2D eigenvalue weighted by molar-refractivity contribution is 0.875. The first-order valence-electron chi connectivity index (χ1n) is 5.48. The number of aryl methyl sites for hydroxylation is 1. The molecule has 1 heterocycles. The molecule has 0 radical (unpaired) electrons. The molecule has 0 aliphatic heterocycles. The van der Waals surface area contributed by atoms with Crippen molar-refractivity contribution in [2.45, 2.75) is 19.8 Å². The first-order valence-corrected chi connectivity index (χ1v) is 6.65. The van der Waals surface area contributed by atoms with Crippen LogP contribution < -0.4 is 0 Å². The van der Waals surface area contributed by atoms with E-state index in [4.69, 9.17) is 11.6 Å². The van der Waals surface area contributed by atoms with E-state index < -0.39 is 0 Å². The molecule has 1 aromatic carbocycles. The van der Waals surface area contributed by atoms with Crippen LogP contribution in [0.3, 0.4) is 0 Å². The summed E-state index contributed by atoms with van der Waals surface area (Å²) in [6.45, 7) is 2.12. The highest BCUT2D eigenvalue weighted by atomic mass is 79.9. The van der Waals surface area contributed by atoms with E-state index in [0.29, 0.717) is 11.0 Å². The molecule has 0 bridgehead atoms. The fourth-order valence-electron chi connectivity index (χ4n) is 1.61. The summed E-state index contributed by atoms with van der Waals surface area (Å²) in [4.78, 5) is 8.78. The fraction of sp³-hybridized carbons (Fsp3) is 0.231. The Morgan fingerprint density at radius 2 is 2.06 bits per heavy atom. The molecule has 88 valence electrons. The van der Waals surface area contributed by atoms with Crippen LogP contribution in [0.1, 0.15) is 19.0 Å². The number of aromatic nitrogens is 2. The Morgan fingerprint density at radius 3 is 2.76 bits per heavy atom. The van der Waals surface area contributed by atoms with Crippen LogP contribution in [0.15, 0.2) is 34.8 Å². The van der Waals surface area contributed by atoms with Crippen LogP contribution >= 0.6 is 27.5 Å². The molecular formula is C13H12BrClN2. The Kier molecular flexibility index (Phi) is 4.13. The maximum atomic E-state index is 6.01. The van der Waals surface area contributed by atoms with Gasteiger partial charge >= 0.3 is 0 Å². The summed E-state index contributed by atoms with van der Waals surface area (Å²) >= 11 is 9.45. The van der Waals surface area contributed by atoms with Crippen molar-refractivity contribution in [1.29, 1.82) is 0 Å². The van der Waals surface area contributed by atoms with Crippen molar-refractivity contribution < 1.29 is 0 Å². The van der Waals surface area contributed by atoms with Crippen molar-refractivity contribution in [1.82, 2.24) is 9.97 Å². The topological polar surface area (TPSA) is 25.8 Å². The standard InChI is InChI=1S/C13H12BrClN2/c1-2-4-11-8-12(15)17-13(16-11)9-5-3-6-10(14)7-9/h3,5-8H,2,4H2,1H3. The van der Waals surface area contributed by atoms with E-state index in [1.54, 1.807) is 0 Å². The average Bonchev–Trinajstić information content (AvgIpc) is 2.28. The maximum Gasteiger partial charge on any atom is 0.161 e. The normalized spacial score (nSPS) is 10.5. The van der Waals surface area contributed by atoms with Crippen molar-refractivity contribution >= 4 is 27.5 Å². The number of halogens is 2. The lowest BCUT2D eigenvalue weighted by Gasteiger charge is -2.04. The minimum Gasteiger partial charge on any atom is -0.233 e. The first kappa shape index (κ1) is 12.5. The zero-order valence-corrected chi connectivity index (χ0v) is 11.8. The Bertz CT molecular complexity index is 529. The van der Waals surface area contributed by atoms with E-state index in [9.17, 15) is 0 Å². The van der Waals surface area contributed by atoms with Crippen molar-refractivity contribution in [2.75, 3.05) is 0 Å². The largest absolute Gasteiger partial charge is 0.233 e. The van der Waals surface area contributed by atoms with Gasteiger partial charge in [0.2, 0.25) is 0 Å². The highest BCUT2D eigenvalue weighted by Crippen LogP contribution is 2.22. The quantitative estimate of drug-likeness (QED) is 0.779. The van der Waals surface area contributed by atoms with Gasteiger partial charge < -0.3 is 0 Å². The third-order valence-electron chi connectivity index (χ3n) is 2.34. The predicted octanol–water partition coefficient (Wildman–Crippen LogP) is 4.51. The highest BCUT2D eigenvalue weighted by Gasteiger charge is 2.05. The van der Waals surface area contributed by atoms with E-state index in [2.05, 4.69) is 32.8 Å². The summed E-state index contributed by atoms with van der Waals surface area (Å²) in [6, 6.07) is 9.73. The van der Waals surface area contributed by atoms with Gasteiger partial charge in [-0.25, -0.2) is 9.97 Å². The molecule has 17 heavy (non-hydrogen) atoms. The molecule has 0 N–H and O–H groups in total. The molecule has 0 fully saturated rings.